The van der Waals surface area contributed by atoms with Crippen molar-refractivity contribution in [3.8, 4) is 0 Å². The van der Waals surface area contributed by atoms with Gasteiger partial charge >= 0.3 is 0 Å². The van der Waals surface area contributed by atoms with Crippen molar-refractivity contribution in [1.29, 1.82) is 0 Å². The number of hydrogen-bond donors (Lipinski definition) is 0. The average molecular weight is 394 g/mol. The zero-order valence-corrected chi connectivity index (χ0v) is 18.3. The molecule has 4 N–H and O–H groups in total. The second-order valence-electron chi connectivity index (χ2n) is 8.19. The van der Waals surface area contributed by atoms with Crippen LogP contribution in [0.25, 0.3) is 0 Å². The van der Waals surface area contributed by atoms with E-state index < -0.39 is 0 Å². The molecule has 0 bridgehead atoms. The van der Waals surface area contributed by atoms with Crippen molar-refractivity contribution in [1.82, 2.24) is 14.7 Å². The van der Waals surface area contributed by atoms with Gasteiger partial charge in [-0.15, -0.1) is 0 Å². The lowest BCUT2D eigenvalue weighted by Crippen LogP contribution is -2.48. The van der Waals surface area contributed by atoms with Crippen LogP contribution in [0.1, 0.15) is 0 Å². The Morgan fingerprint density at radius 3 is 1.41 bits per heavy atom. The van der Waals surface area contributed by atoms with E-state index in [0.29, 0.717) is 0 Å². The molecule has 2 saturated heterocycles. The summed E-state index contributed by atoms with van der Waals surface area (Å²) in [5, 5.41) is 0. The van der Waals surface area contributed by atoms with Crippen molar-refractivity contribution < 1.29 is 30.1 Å². The standard InChI is InChI=1S/C7H13N2.C6H14NO.C5H12N2.3H2O/c1-8-4-6-9(2,3)7-5-8;1-7(2)3-5-8-6-4-7;1-6-3-4-7(2)5-6;;;/h4-7H,1-3H3;3-6H2,1-2H3;3-5H2,1-2H3;3*1H2/q2*+1;;;;/p-2. The van der Waals surface area contributed by atoms with Gasteiger partial charge in [-0.3, -0.25) is 14.3 Å². The number of ether oxygens (including phenoxy) is 1. The third-order valence-electron chi connectivity index (χ3n) is 4.40. The third kappa shape index (κ3) is 14.7. The number of quaternary nitrogens is 2. The number of nitrogens with zero attached hydrogens (tertiary/aromatic N) is 5. The molecule has 0 aromatic rings. The second-order valence-corrected chi connectivity index (χ2v) is 8.19. The minimum Gasteiger partial charge on any atom is -0.870 e. The molecule has 0 radical (unpaired) electrons. The summed E-state index contributed by atoms with van der Waals surface area (Å²) in [5.74, 6) is 0. The van der Waals surface area contributed by atoms with E-state index in [-0.39, 0.29) is 16.4 Å². The smallest absolute Gasteiger partial charge is 0.116 e. The number of rotatable bonds is 0. The van der Waals surface area contributed by atoms with E-state index in [1.165, 1.54) is 26.2 Å². The van der Waals surface area contributed by atoms with Crippen LogP contribution >= 0.6 is 0 Å². The summed E-state index contributed by atoms with van der Waals surface area (Å²) in [6.07, 6.45) is 8.36. The van der Waals surface area contributed by atoms with E-state index in [2.05, 4.69) is 76.9 Å². The highest BCUT2D eigenvalue weighted by molar-refractivity contribution is 4.89. The van der Waals surface area contributed by atoms with Crippen LogP contribution in [0.3, 0.4) is 0 Å². The fourth-order valence-corrected chi connectivity index (χ4v) is 2.39. The highest BCUT2D eigenvalue weighted by Gasteiger charge is 2.18. The first-order chi connectivity index (χ1) is 11.1. The van der Waals surface area contributed by atoms with Crippen LogP contribution in [0.2, 0.25) is 0 Å². The van der Waals surface area contributed by atoms with Gasteiger partial charge in [-0.05, 0) is 14.1 Å². The minimum atomic E-state index is 0. The van der Waals surface area contributed by atoms with E-state index in [1.54, 1.807) is 0 Å². The Bertz CT molecular complexity index is 398. The van der Waals surface area contributed by atoms with E-state index in [4.69, 9.17) is 4.74 Å². The average Bonchev–Trinajstić information content (AvgIpc) is 2.87. The van der Waals surface area contributed by atoms with Gasteiger partial charge in [-0.2, -0.15) is 0 Å². The molecule has 3 rings (SSSR count). The summed E-state index contributed by atoms with van der Waals surface area (Å²) in [6.45, 7) is 7.81. The number of hydrogen-bond acceptors (Lipinski definition) is 6. The normalized spacial score (nSPS) is 22.7. The molecule has 0 unspecified atom stereocenters. The summed E-state index contributed by atoms with van der Waals surface area (Å²) in [5.41, 5.74) is 0. The molecule has 0 spiro atoms. The Hall–Kier alpha value is -1.04. The monoisotopic (exact) mass is 393 g/mol. The first-order valence-electron chi connectivity index (χ1n) is 8.80. The zero-order valence-electron chi connectivity index (χ0n) is 18.3. The second kappa shape index (κ2) is 14.0. The molecular formula is C18H43N5O4. The number of morpholine rings is 1. The molecule has 27 heavy (non-hydrogen) atoms. The van der Waals surface area contributed by atoms with Crippen LogP contribution < -0.4 is 0 Å². The van der Waals surface area contributed by atoms with Gasteiger partial charge in [-0.25, -0.2) is 0 Å². The Kier molecular flexibility index (Phi) is 15.9. The lowest BCUT2D eigenvalue weighted by Gasteiger charge is -2.33. The van der Waals surface area contributed by atoms with Crippen molar-refractivity contribution in [3.05, 3.63) is 24.8 Å². The number of likely N-dealkylation sites (N-methyl/N-ethyl adjacent to an activating group) is 3. The van der Waals surface area contributed by atoms with Crippen molar-refractivity contribution >= 4 is 0 Å². The SMILES string of the molecule is CN1C=C[N+](C)(C)C=C1.CN1CCN(C)C1.C[N+]1(C)CCOCC1.O.[OH-].[OH-]. The Morgan fingerprint density at radius 1 is 0.778 bits per heavy atom. The first kappa shape index (κ1) is 30.7. The molecule has 0 aromatic heterocycles. The molecule has 0 saturated carbocycles. The van der Waals surface area contributed by atoms with Gasteiger partial charge in [0, 0.05) is 20.1 Å². The van der Waals surface area contributed by atoms with Crippen molar-refractivity contribution in [3.63, 3.8) is 0 Å². The Labute approximate surface area is 165 Å². The molecule has 164 valence electrons. The lowest BCUT2D eigenvalue weighted by molar-refractivity contribution is -0.898. The molecule has 0 aliphatic carbocycles. The van der Waals surface area contributed by atoms with E-state index in [1.807, 2.05) is 11.9 Å². The fraction of sp³-hybridized carbons (Fsp3) is 0.778. The summed E-state index contributed by atoms with van der Waals surface area (Å²) in [4.78, 5) is 6.64. The Balaban J connectivity index is -0.000000305. The maximum absolute atomic E-state index is 5.19. The van der Waals surface area contributed by atoms with Gasteiger partial charge in [0.1, 0.15) is 25.5 Å². The van der Waals surface area contributed by atoms with E-state index in [9.17, 15) is 0 Å². The van der Waals surface area contributed by atoms with Crippen molar-refractivity contribution in [2.24, 2.45) is 0 Å². The highest BCUT2D eigenvalue weighted by Crippen LogP contribution is 2.06. The van der Waals surface area contributed by atoms with Gasteiger partial charge in [0.2, 0.25) is 0 Å². The maximum Gasteiger partial charge on any atom is 0.116 e. The van der Waals surface area contributed by atoms with Crippen LogP contribution in [-0.2, 0) is 4.74 Å². The van der Waals surface area contributed by atoms with Crippen molar-refractivity contribution in [2.45, 2.75) is 0 Å². The summed E-state index contributed by atoms with van der Waals surface area (Å²) in [7, 11) is 15.0. The molecule has 0 aromatic carbocycles. The van der Waals surface area contributed by atoms with E-state index >= 15 is 0 Å². The zero-order chi connectivity index (χ0) is 18.2. The predicted molar refractivity (Wildman–Crippen MR) is 108 cm³/mol. The quantitative estimate of drug-likeness (QED) is 0.522. The van der Waals surface area contributed by atoms with Crippen LogP contribution in [0.5, 0.6) is 0 Å². The topological polar surface area (TPSA) is 110 Å². The molecular weight excluding hydrogens is 350 g/mol. The molecule has 0 amide bonds. The van der Waals surface area contributed by atoms with Crippen LogP contribution in [-0.4, -0.2) is 135 Å². The fourth-order valence-electron chi connectivity index (χ4n) is 2.39. The lowest BCUT2D eigenvalue weighted by atomic mass is 10.4. The molecule has 3 aliphatic heterocycles. The van der Waals surface area contributed by atoms with Gasteiger partial charge in [0.15, 0.2) is 0 Å². The van der Waals surface area contributed by atoms with Gasteiger partial charge in [-0.1, -0.05) is 0 Å². The minimum absolute atomic E-state index is 0. The van der Waals surface area contributed by atoms with Crippen LogP contribution in [0.15, 0.2) is 24.8 Å². The van der Waals surface area contributed by atoms with Crippen LogP contribution in [0, 0.1) is 0 Å². The van der Waals surface area contributed by atoms with Gasteiger partial charge in [0.25, 0.3) is 0 Å². The molecule has 9 heteroatoms. The van der Waals surface area contributed by atoms with Crippen LogP contribution in [0.4, 0.5) is 0 Å². The predicted octanol–water partition coefficient (Wildman–Crippen LogP) is -0.314. The Morgan fingerprint density at radius 2 is 1.19 bits per heavy atom. The maximum atomic E-state index is 5.19. The van der Waals surface area contributed by atoms with E-state index in [0.717, 1.165) is 28.8 Å². The third-order valence-corrected chi connectivity index (χ3v) is 4.40. The summed E-state index contributed by atoms with van der Waals surface area (Å²) >= 11 is 0. The molecule has 3 aliphatic rings. The molecule has 9 nitrogen and oxygen atoms in total. The first-order valence-corrected chi connectivity index (χ1v) is 8.80. The van der Waals surface area contributed by atoms with Gasteiger partial charge < -0.3 is 30.5 Å². The molecule has 0 atom stereocenters. The highest BCUT2D eigenvalue weighted by atomic mass is 16.5. The summed E-state index contributed by atoms with van der Waals surface area (Å²) < 4.78 is 7.15. The molecule has 2 fully saturated rings. The van der Waals surface area contributed by atoms with Gasteiger partial charge in [0.05, 0.1) is 60.5 Å². The van der Waals surface area contributed by atoms with Crippen molar-refractivity contribution in [2.75, 3.05) is 95.4 Å². The summed E-state index contributed by atoms with van der Waals surface area (Å²) in [6, 6.07) is 0. The molecule has 3 heterocycles. The largest absolute Gasteiger partial charge is 0.870 e.